The molecule has 4 N–H and O–H groups in total. The van der Waals surface area contributed by atoms with E-state index < -0.39 is 32.1 Å². The first-order chi connectivity index (χ1) is 14.8. The second-order valence-electron chi connectivity index (χ2n) is 6.65. The van der Waals surface area contributed by atoms with Crippen LogP contribution >= 0.6 is 38.4 Å². The summed E-state index contributed by atoms with van der Waals surface area (Å²) in [7, 11) is -9.53. The summed E-state index contributed by atoms with van der Waals surface area (Å²) in [5.41, 5.74) is -0.534. The number of carbonyl (C=O) groups is 2. The van der Waals surface area contributed by atoms with Gasteiger partial charge in [-0.2, -0.15) is 0 Å². The molecule has 0 atom stereocenters. The van der Waals surface area contributed by atoms with Crippen LogP contribution in [0, 0.1) is 0 Å². The van der Waals surface area contributed by atoms with Gasteiger partial charge in [-0.25, -0.2) is 0 Å². The smallest absolute Gasteiger partial charge is 0.321 e. The summed E-state index contributed by atoms with van der Waals surface area (Å²) in [6, 6.07) is 11.8. The van der Waals surface area contributed by atoms with Gasteiger partial charge in [0.1, 0.15) is 0 Å². The lowest BCUT2D eigenvalue weighted by atomic mass is 9.98. The molecule has 32 heavy (non-hydrogen) atoms. The minimum Gasteiger partial charge on any atom is -0.321 e. The summed E-state index contributed by atoms with van der Waals surface area (Å²) < 4.78 is 23.4. The number of benzene rings is 3. The standard InChI is InChI=1S/C20H14Cl2O8P2/c21-13-4-8-17(22)16(10-13)20(24)12-3-7-15(18(9-12)32(28,29)30)19(23)11-1-5-14(6-2-11)31(25,26)27/h1-10H,(H2,25,26,27)(H2,28,29,30). The summed E-state index contributed by atoms with van der Waals surface area (Å²) in [5, 5.41) is -0.671. The third-order valence-electron chi connectivity index (χ3n) is 4.46. The van der Waals surface area contributed by atoms with Gasteiger partial charge in [0, 0.05) is 27.3 Å². The van der Waals surface area contributed by atoms with E-state index in [0.717, 1.165) is 36.4 Å². The van der Waals surface area contributed by atoms with Crippen molar-refractivity contribution in [3.8, 4) is 0 Å². The van der Waals surface area contributed by atoms with Crippen molar-refractivity contribution in [1.82, 2.24) is 0 Å². The largest absolute Gasteiger partial charge is 0.356 e. The van der Waals surface area contributed by atoms with Crippen LogP contribution in [-0.2, 0) is 9.13 Å². The Hall–Kier alpha value is -2.12. The van der Waals surface area contributed by atoms with E-state index in [9.17, 15) is 38.3 Å². The number of hydrogen-bond donors (Lipinski definition) is 4. The van der Waals surface area contributed by atoms with Crippen LogP contribution in [0.5, 0.6) is 0 Å². The molecule has 0 bridgehead atoms. The van der Waals surface area contributed by atoms with Gasteiger partial charge >= 0.3 is 15.2 Å². The van der Waals surface area contributed by atoms with Gasteiger partial charge in [0.05, 0.1) is 15.6 Å². The number of halogens is 2. The predicted molar refractivity (Wildman–Crippen MR) is 120 cm³/mol. The van der Waals surface area contributed by atoms with Gasteiger partial charge in [-0.15, -0.1) is 0 Å². The molecule has 0 aliphatic rings. The van der Waals surface area contributed by atoms with E-state index in [4.69, 9.17) is 23.2 Å². The molecule has 3 rings (SSSR count). The van der Waals surface area contributed by atoms with Crippen LogP contribution in [0.1, 0.15) is 31.8 Å². The Balaban J connectivity index is 2.07. The average Bonchev–Trinajstić information content (AvgIpc) is 2.73. The molecule has 0 fully saturated rings. The molecule has 3 aromatic carbocycles. The van der Waals surface area contributed by atoms with Crippen LogP contribution in [0.15, 0.2) is 60.7 Å². The van der Waals surface area contributed by atoms with E-state index in [1.54, 1.807) is 0 Å². The van der Waals surface area contributed by atoms with E-state index in [2.05, 4.69) is 0 Å². The first-order valence-corrected chi connectivity index (χ1v) is 12.7. The Morgan fingerprint density at radius 3 is 1.78 bits per heavy atom. The van der Waals surface area contributed by atoms with E-state index in [0.29, 0.717) is 0 Å². The Morgan fingerprint density at radius 2 is 1.22 bits per heavy atom. The van der Waals surface area contributed by atoms with Gasteiger partial charge < -0.3 is 19.6 Å². The molecule has 8 nitrogen and oxygen atoms in total. The van der Waals surface area contributed by atoms with Gasteiger partial charge in [-0.3, -0.25) is 18.7 Å². The first kappa shape index (κ1) is 24.5. The molecule has 0 radical (unpaired) electrons. The quantitative estimate of drug-likeness (QED) is 0.289. The SMILES string of the molecule is O=C(c1ccc(C(=O)c2ccc(P(=O)(O)O)cc2)c(P(=O)(O)O)c1)c1cc(Cl)ccc1Cl. The highest BCUT2D eigenvalue weighted by Crippen LogP contribution is 2.37. The highest BCUT2D eigenvalue weighted by atomic mass is 35.5. The molecular weight excluding hydrogens is 501 g/mol. The Labute approximate surface area is 191 Å². The maximum absolute atomic E-state index is 12.9. The zero-order valence-corrected chi connectivity index (χ0v) is 19.1. The second-order valence-corrected chi connectivity index (χ2v) is 10.7. The third kappa shape index (κ3) is 5.26. The number of hydrogen-bond acceptors (Lipinski definition) is 4. The van der Waals surface area contributed by atoms with Crippen LogP contribution in [0.3, 0.4) is 0 Å². The molecule has 0 aliphatic heterocycles. The first-order valence-electron chi connectivity index (χ1n) is 8.70. The molecule has 0 spiro atoms. The fourth-order valence-electron chi connectivity index (χ4n) is 2.90. The lowest BCUT2D eigenvalue weighted by Crippen LogP contribution is -2.19. The fraction of sp³-hybridized carbons (Fsp3) is 0. The van der Waals surface area contributed by atoms with Gasteiger partial charge in [0.25, 0.3) is 0 Å². The van der Waals surface area contributed by atoms with Crippen molar-refractivity contribution >= 4 is 60.6 Å². The molecule has 3 aromatic rings. The van der Waals surface area contributed by atoms with E-state index in [1.807, 2.05) is 0 Å². The molecule has 0 aliphatic carbocycles. The van der Waals surface area contributed by atoms with Crippen LogP contribution in [0.2, 0.25) is 10.0 Å². The lowest BCUT2D eigenvalue weighted by Gasteiger charge is -2.13. The fourth-order valence-corrected chi connectivity index (χ4v) is 4.61. The van der Waals surface area contributed by atoms with Gasteiger partial charge in [-0.1, -0.05) is 41.4 Å². The molecule has 0 saturated carbocycles. The minimum absolute atomic E-state index is 0.0166. The highest BCUT2D eigenvalue weighted by molar-refractivity contribution is 7.60. The summed E-state index contributed by atoms with van der Waals surface area (Å²) in [5.74, 6) is -1.46. The van der Waals surface area contributed by atoms with Crippen LogP contribution < -0.4 is 10.6 Å². The summed E-state index contributed by atoms with van der Waals surface area (Å²) in [6.07, 6.45) is 0. The maximum atomic E-state index is 12.9. The average molecular weight is 515 g/mol. The van der Waals surface area contributed by atoms with Crippen LogP contribution in [0.25, 0.3) is 0 Å². The number of carbonyl (C=O) groups excluding carboxylic acids is 2. The predicted octanol–water partition coefficient (Wildman–Crippen LogP) is 3.06. The Morgan fingerprint density at radius 1 is 0.656 bits per heavy atom. The van der Waals surface area contributed by atoms with Crippen molar-refractivity contribution < 1.29 is 38.3 Å². The molecule has 12 heteroatoms. The molecule has 0 aromatic heterocycles. The minimum atomic E-state index is -5.00. The highest BCUT2D eigenvalue weighted by Gasteiger charge is 2.28. The van der Waals surface area contributed by atoms with Gasteiger partial charge in [0.2, 0.25) is 0 Å². The molecule has 0 amide bonds. The summed E-state index contributed by atoms with van der Waals surface area (Å²) in [6.45, 7) is 0. The Bertz CT molecular complexity index is 1330. The molecule has 0 heterocycles. The second kappa shape index (κ2) is 9.02. The monoisotopic (exact) mass is 514 g/mol. The van der Waals surface area contributed by atoms with E-state index in [-0.39, 0.29) is 37.6 Å². The zero-order valence-electron chi connectivity index (χ0n) is 15.8. The molecule has 166 valence electrons. The number of rotatable bonds is 6. The van der Waals surface area contributed by atoms with Crippen molar-refractivity contribution in [3.63, 3.8) is 0 Å². The molecular formula is C20H14Cl2O8P2. The summed E-state index contributed by atoms with van der Waals surface area (Å²) >= 11 is 11.9. The van der Waals surface area contributed by atoms with Gasteiger partial charge in [-0.05, 0) is 42.5 Å². The van der Waals surface area contributed by atoms with E-state index in [1.165, 1.54) is 24.3 Å². The van der Waals surface area contributed by atoms with Crippen LogP contribution in [-0.4, -0.2) is 31.1 Å². The van der Waals surface area contributed by atoms with Crippen molar-refractivity contribution in [2.75, 3.05) is 0 Å². The van der Waals surface area contributed by atoms with Crippen LogP contribution in [0.4, 0.5) is 0 Å². The molecule has 0 saturated heterocycles. The topological polar surface area (TPSA) is 149 Å². The lowest BCUT2D eigenvalue weighted by molar-refractivity contribution is 0.102. The third-order valence-corrected chi connectivity index (χ3v) is 6.99. The maximum Gasteiger partial charge on any atom is 0.356 e. The number of ketones is 2. The molecule has 0 unspecified atom stereocenters. The summed E-state index contributed by atoms with van der Waals surface area (Å²) in [4.78, 5) is 63.6. The van der Waals surface area contributed by atoms with Crippen molar-refractivity contribution in [3.05, 3.63) is 93.0 Å². The Kier molecular flexibility index (Phi) is 6.91. The van der Waals surface area contributed by atoms with E-state index >= 15 is 0 Å². The van der Waals surface area contributed by atoms with Gasteiger partial charge in [0.15, 0.2) is 11.6 Å². The van der Waals surface area contributed by atoms with Crippen molar-refractivity contribution in [1.29, 1.82) is 0 Å². The normalized spacial score (nSPS) is 11.9. The van der Waals surface area contributed by atoms with Crippen molar-refractivity contribution in [2.24, 2.45) is 0 Å². The van der Waals surface area contributed by atoms with Crippen molar-refractivity contribution in [2.45, 2.75) is 0 Å². The zero-order chi connectivity index (χ0) is 23.8.